The molecule has 0 aliphatic carbocycles. The molecule has 0 aromatic heterocycles. The summed E-state index contributed by atoms with van der Waals surface area (Å²) < 4.78 is 30.7. The summed E-state index contributed by atoms with van der Waals surface area (Å²) in [5, 5.41) is 3.15. The van der Waals surface area contributed by atoms with Gasteiger partial charge in [-0.05, 0) is 43.2 Å². The highest BCUT2D eigenvalue weighted by molar-refractivity contribution is 7.92. The summed E-state index contributed by atoms with van der Waals surface area (Å²) in [4.78, 5) is 12.2. The van der Waals surface area contributed by atoms with Gasteiger partial charge in [-0.2, -0.15) is 0 Å². The van der Waals surface area contributed by atoms with Crippen LogP contribution in [0.15, 0.2) is 42.5 Å². The summed E-state index contributed by atoms with van der Waals surface area (Å²) in [6.07, 6.45) is 1.73. The minimum absolute atomic E-state index is 0.182. The Morgan fingerprint density at radius 2 is 1.93 bits per heavy atom. The normalized spacial score (nSPS) is 11.1. The Bertz CT molecular complexity index is 916. The van der Waals surface area contributed by atoms with E-state index in [-0.39, 0.29) is 18.9 Å². The number of carbonyl (C=O) groups excluding carboxylic acids is 1. The van der Waals surface area contributed by atoms with E-state index in [2.05, 4.69) is 5.32 Å². The molecule has 0 radical (unpaired) electrons. The van der Waals surface area contributed by atoms with Gasteiger partial charge in [0.15, 0.2) is 0 Å². The molecule has 2 rings (SSSR count). The molecule has 0 heterocycles. The standard InChI is InChI=1S/C19H23ClN2O4S/c1-14-7-4-5-8-17(14)22(27(3,24)25)12-6-9-19(23)21-15-10-11-18(26-2)16(20)13-15/h4-5,7-8,10-11,13H,6,9,12H2,1-3H3,(H,21,23). The molecular weight excluding hydrogens is 388 g/mol. The van der Waals surface area contributed by atoms with Crippen LogP contribution in [-0.4, -0.2) is 34.2 Å². The second-order valence-electron chi connectivity index (χ2n) is 6.12. The Labute approximate surface area is 165 Å². The number of hydrogen-bond acceptors (Lipinski definition) is 4. The van der Waals surface area contributed by atoms with Crippen molar-refractivity contribution in [2.24, 2.45) is 0 Å². The van der Waals surface area contributed by atoms with Crippen LogP contribution in [0.1, 0.15) is 18.4 Å². The highest BCUT2D eigenvalue weighted by Crippen LogP contribution is 2.27. The second-order valence-corrected chi connectivity index (χ2v) is 8.44. The van der Waals surface area contributed by atoms with Crippen molar-refractivity contribution >= 4 is 38.9 Å². The summed E-state index contributed by atoms with van der Waals surface area (Å²) in [5.74, 6) is 0.311. The maximum Gasteiger partial charge on any atom is 0.232 e. The van der Waals surface area contributed by atoms with Crippen LogP contribution in [0.4, 0.5) is 11.4 Å². The summed E-state index contributed by atoms with van der Waals surface area (Å²) >= 11 is 6.04. The molecule has 0 aliphatic rings. The molecule has 0 spiro atoms. The van der Waals surface area contributed by atoms with Crippen LogP contribution in [0.25, 0.3) is 0 Å². The van der Waals surface area contributed by atoms with Gasteiger partial charge in [-0.15, -0.1) is 0 Å². The van der Waals surface area contributed by atoms with E-state index in [4.69, 9.17) is 16.3 Å². The third-order valence-electron chi connectivity index (χ3n) is 3.99. The molecule has 0 atom stereocenters. The molecule has 1 N–H and O–H groups in total. The molecular formula is C19H23ClN2O4S. The number of para-hydroxylation sites is 1. The zero-order valence-electron chi connectivity index (χ0n) is 15.5. The van der Waals surface area contributed by atoms with E-state index in [1.54, 1.807) is 30.3 Å². The van der Waals surface area contributed by atoms with Gasteiger partial charge in [0, 0.05) is 18.7 Å². The lowest BCUT2D eigenvalue weighted by atomic mass is 10.2. The molecule has 0 fully saturated rings. The van der Waals surface area contributed by atoms with E-state index < -0.39 is 10.0 Å². The fraction of sp³-hybridized carbons (Fsp3) is 0.316. The lowest BCUT2D eigenvalue weighted by Gasteiger charge is -2.24. The second kappa shape index (κ2) is 9.10. The predicted octanol–water partition coefficient (Wildman–Crippen LogP) is 3.84. The van der Waals surface area contributed by atoms with Gasteiger partial charge in [-0.25, -0.2) is 8.42 Å². The Balaban J connectivity index is 1.97. The fourth-order valence-corrected chi connectivity index (χ4v) is 3.94. The highest BCUT2D eigenvalue weighted by atomic mass is 35.5. The fourth-order valence-electron chi connectivity index (χ4n) is 2.66. The first-order valence-corrected chi connectivity index (χ1v) is 10.6. The van der Waals surface area contributed by atoms with E-state index in [9.17, 15) is 13.2 Å². The molecule has 0 saturated heterocycles. The van der Waals surface area contributed by atoms with Crippen LogP contribution < -0.4 is 14.4 Å². The van der Waals surface area contributed by atoms with Crippen molar-refractivity contribution in [3.63, 3.8) is 0 Å². The monoisotopic (exact) mass is 410 g/mol. The van der Waals surface area contributed by atoms with Crippen molar-refractivity contribution in [2.45, 2.75) is 19.8 Å². The number of amides is 1. The minimum atomic E-state index is -3.44. The van der Waals surface area contributed by atoms with Gasteiger partial charge in [0.25, 0.3) is 0 Å². The largest absolute Gasteiger partial charge is 0.495 e. The van der Waals surface area contributed by atoms with Gasteiger partial charge in [0.1, 0.15) is 5.75 Å². The van der Waals surface area contributed by atoms with Gasteiger partial charge in [-0.3, -0.25) is 9.10 Å². The van der Waals surface area contributed by atoms with Crippen molar-refractivity contribution in [1.82, 2.24) is 0 Å². The Hall–Kier alpha value is -2.25. The zero-order chi connectivity index (χ0) is 20.0. The lowest BCUT2D eigenvalue weighted by Crippen LogP contribution is -2.32. The number of aryl methyl sites for hydroxylation is 1. The van der Waals surface area contributed by atoms with Crippen molar-refractivity contribution in [1.29, 1.82) is 0 Å². The molecule has 27 heavy (non-hydrogen) atoms. The molecule has 6 nitrogen and oxygen atoms in total. The van der Waals surface area contributed by atoms with Crippen LogP contribution in [0.5, 0.6) is 5.75 Å². The minimum Gasteiger partial charge on any atom is -0.495 e. The molecule has 1 amide bonds. The molecule has 0 saturated carbocycles. The first-order valence-electron chi connectivity index (χ1n) is 8.39. The van der Waals surface area contributed by atoms with E-state index >= 15 is 0 Å². The quantitative estimate of drug-likeness (QED) is 0.717. The number of anilines is 2. The van der Waals surface area contributed by atoms with E-state index in [0.717, 1.165) is 5.56 Å². The average Bonchev–Trinajstić information content (AvgIpc) is 2.59. The third kappa shape index (κ3) is 5.87. The topological polar surface area (TPSA) is 75.7 Å². The number of methoxy groups -OCH3 is 1. The number of halogens is 1. The number of carbonyl (C=O) groups is 1. The molecule has 0 unspecified atom stereocenters. The molecule has 0 bridgehead atoms. The number of benzene rings is 2. The molecule has 2 aromatic carbocycles. The summed E-state index contributed by atoms with van der Waals surface area (Å²) in [7, 11) is -1.92. The first-order chi connectivity index (χ1) is 12.7. The van der Waals surface area contributed by atoms with Gasteiger partial charge in [-0.1, -0.05) is 29.8 Å². The van der Waals surface area contributed by atoms with E-state index in [1.165, 1.54) is 17.7 Å². The maximum atomic E-state index is 12.2. The lowest BCUT2D eigenvalue weighted by molar-refractivity contribution is -0.116. The van der Waals surface area contributed by atoms with Crippen molar-refractivity contribution in [3.8, 4) is 5.75 Å². The van der Waals surface area contributed by atoms with Crippen LogP contribution in [0.3, 0.4) is 0 Å². The van der Waals surface area contributed by atoms with Crippen LogP contribution >= 0.6 is 11.6 Å². The van der Waals surface area contributed by atoms with Crippen molar-refractivity contribution in [3.05, 3.63) is 53.1 Å². The Kier molecular flexibility index (Phi) is 7.10. The third-order valence-corrected chi connectivity index (χ3v) is 5.46. The van der Waals surface area contributed by atoms with Gasteiger partial charge in [0.05, 0.1) is 24.1 Å². The smallest absolute Gasteiger partial charge is 0.232 e. The summed E-state index contributed by atoms with van der Waals surface area (Å²) in [6, 6.07) is 12.2. The van der Waals surface area contributed by atoms with Crippen LogP contribution in [0.2, 0.25) is 5.02 Å². The van der Waals surface area contributed by atoms with Crippen molar-refractivity contribution in [2.75, 3.05) is 29.5 Å². The first kappa shape index (κ1) is 21.1. The Morgan fingerprint density at radius 1 is 1.22 bits per heavy atom. The number of ether oxygens (including phenoxy) is 1. The molecule has 2 aromatic rings. The van der Waals surface area contributed by atoms with Crippen molar-refractivity contribution < 1.29 is 17.9 Å². The number of nitrogens with one attached hydrogen (secondary N) is 1. The number of nitrogens with zero attached hydrogens (tertiary/aromatic N) is 1. The van der Waals surface area contributed by atoms with E-state index in [1.807, 2.05) is 19.1 Å². The number of sulfonamides is 1. The number of hydrogen-bond donors (Lipinski definition) is 1. The molecule has 146 valence electrons. The SMILES string of the molecule is COc1ccc(NC(=O)CCCN(c2ccccc2C)S(C)(=O)=O)cc1Cl. The van der Waals surface area contributed by atoms with Gasteiger partial charge < -0.3 is 10.1 Å². The molecule has 8 heteroatoms. The van der Waals surface area contributed by atoms with Crippen LogP contribution in [-0.2, 0) is 14.8 Å². The van der Waals surface area contributed by atoms with Gasteiger partial charge in [0.2, 0.25) is 15.9 Å². The molecule has 0 aliphatic heterocycles. The number of rotatable bonds is 8. The van der Waals surface area contributed by atoms with Gasteiger partial charge >= 0.3 is 0 Å². The predicted molar refractivity (Wildman–Crippen MR) is 109 cm³/mol. The van der Waals surface area contributed by atoms with E-state index in [0.29, 0.717) is 28.6 Å². The summed E-state index contributed by atoms with van der Waals surface area (Å²) in [6.45, 7) is 2.08. The van der Waals surface area contributed by atoms with Crippen LogP contribution in [0, 0.1) is 6.92 Å². The zero-order valence-corrected chi connectivity index (χ0v) is 17.1. The Morgan fingerprint density at radius 3 is 2.52 bits per heavy atom. The summed E-state index contributed by atoms with van der Waals surface area (Å²) in [5.41, 5.74) is 2.05. The maximum absolute atomic E-state index is 12.2. The average molecular weight is 411 g/mol. The highest BCUT2D eigenvalue weighted by Gasteiger charge is 2.19.